The van der Waals surface area contributed by atoms with Gasteiger partial charge in [-0.25, -0.2) is 8.78 Å². The quantitative estimate of drug-likeness (QED) is 0.637. The summed E-state index contributed by atoms with van der Waals surface area (Å²) < 4.78 is 27.5. The summed E-state index contributed by atoms with van der Waals surface area (Å²) in [5.41, 5.74) is 0.272. The maximum Gasteiger partial charge on any atom is 0.266 e. The highest BCUT2D eigenvalue weighted by Gasteiger charge is 2.33. The van der Waals surface area contributed by atoms with Crippen LogP contribution < -0.4 is 5.32 Å². The molecule has 0 spiro atoms. The van der Waals surface area contributed by atoms with E-state index in [1.165, 1.54) is 36.4 Å². The number of nitrogens with zero attached hydrogens (tertiary/aromatic N) is 1. The van der Waals surface area contributed by atoms with Crippen LogP contribution in [0.1, 0.15) is 5.56 Å². The van der Waals surface area contributed by atoms with Crippen molar-refractivity contribution in [3.05, 3.63) is 70.6 Å². The van der Waals surface area contributed by atoms with Gasteiger partial charge in [0.2, 0.25) is 5.91 Å². The van der Waals surface area contributed by atoms with E-state index < -0.39 is 23.4 Å². The predicted molar refractivity (Wildman–Crippen MR) is 101 cm³/mol. The smallest absolute Gasteiger partial charge is 0.266 e. The average Bonchev–Trinajstić information content (AvgIpc) is 2.86. The molecule has 2 aromatic rings. The van der Waals surface area contributed by atoms with Gasteiger partial charge in [0.1, 0.15) is 22.5 Å². The number of rotatable bonds is 4. The minimum absolute atomic E-state index is 0.0184. The Kier molecular flexibility index (Phi) is 5.43. The lowest BCUT2D eigenvalue weighted by Crippen LogP contribution is -2.36. The molecule has 1 aliphatic rings. The molecule has 0 unspecified atom stereocenters. The maximum atomic E-state index is 13.7. The first kappa shape index (κ1) is 18.2. The Morgan fingerprint density at radius 3 is 2.46 bits per heavy atom. The second kappa shape index (κ2) is 7.76. The Bertz CT molecular complexity index is 931. The van der Waals surface area contributed by atoms with Gasteiger partial charge in [-0.2, -0.15) is 0 Å². The number of hydrogen-bond acceptors (Lipinski definition) is 4. The summed E-state index contributed by atoms with van der Waals surface area (Å²) in [6.45, 7) is -0.354. The van der Waals surface area contributed by atoms with Crippen LogP contribution in [-0.4, -0.2) is 27.6 Å². The van der Waals surface area contributed by atoms with Crippen LogP contribution in [0.2, 0.25) is 0 Å². The number of amides is 2. The van der Waals surface area contributed by atoms with Crippen molar-refractivity contribution in [2.45, 2.75) is 0 Å². The fourth-order valence-electron chi connectivity index (χ4n) is 2.27. The number of carbonyl (C=O) groups excluding carboxylic acids is 2. The average molecular weight is 390 g/mol. The van der Waals surface area contributed by atoms with Crippen molar-refractivity contribution < 1.29 is 18.4 Å². The molecule has 132 valence electrons. The van der Waals surface area contributed by atoms with Crippen molar-refractivity contribution in [2.75, 3.05) is 11.9 Å². The summed E-state index contributed by atoms with van der Waals surface area (Å²) in [7, 11) is 0. The Hall–Kier alpha value is -2.58. The number of nitrogens with one attached hydrogen (secondary N) is 1. The largest absolute Gasteiger partial charge is 0.322 e. The minimum atomic E-state index is -0.585. The van der Waals surface area contributed by atoms with Crippen LogP contribution in [0, 0.1) is 11.6 Å². The number of halogens is 2. The van der Waals surface area contributed by atoms with E-state index in [1.807, 2.05) is 0 Å². The fourth-order valence-corrected chi connectivity index (χ4v) is 3.51. The van der Waals surface area contributed by atoms with Crippen molar-refractivity contribution in [1.29, 1.82) is 0 Å². The van der Waals surface area contributed by atoms with Gasteiger partial charge in [-0.05, 0) is 24.3 Å². The predicted octanol–water partition coefficient (Wildman–Crippen LogP) is 3.80. The van der Waals surface area contributed by atoms with Gasteiger partial charge in [-0.1, -0.05) is 54.3 Å². The van der Waals surface area contributed by atoms with Crippen molar-refractivity contribution in [2.24, 2.45) is 0 Å². The molecule has 2 aromatic carbocycles. The third kappa shape index (κ3) is 3.97. The topological polar surface area (TPSA) is 49.4 Å². The molecular weight excluding hydrogens is 378 g/mol. The molecule has 0 atom stereocenters. The standard InChI is InChI=1S/C18H12F2N2O2S2/c19-12-6-2-1-5-11(12)9-15-17(24)22(18(25)26-15)10-16(23)21-14-8-4-3-7-13(14)20/h1-9H,10H2,(H,21,23)/b15-9+. The molecule has 0 bridgehead atoms. The van der Waals surface area contributed by atoms with Crippen molar-refractivity contribution >= 4 is 51.9 Å². The van der Waals surface area contributed by atoms with E-state index in [9.17, 15) is 18.4 Å². The zero-order chi connectivity index (χ0) is 18.7. The van der Waals surface area contributed by atoms with E-state index in [2.05, 4.69) is 5.32 Å². The molecule has 1 aliphatic heterocycles. The SMILES string of the molecule is O=C(CN1C(=O)/C(=C\c2ccccc2F)SC1=S)Nc1ccccc1F. The van der Waals surface area contributed by atoms with Gasteiger partial charge in [-0.3, -0.25) is 14.5 Å². The summed E-state index contributed by atoms with van der Waals surface area (Å²) in [5, 5.41) is 2.40. The number of anilines is 1. The lowest BCUT2D eigenvalue weighted by atomic mass is 10.2. The Morgan fingerprint density at radius 1 is 1.12 bits per heavy atom. The fraction of sp³-hybridized carbons (Fsp3) is 0.0556. The first-order chi connectivity index (χ1) is 12.5. The Labute approximate surface area is 157 Å². The van der Waals surface area contributed by atoms with E-state index in [0.29, 0.717) is 0 Å². The zero-order valence-corrected chi connectivity index (χ0v) is 14.9. The highest BCUT2D eigenvalue weighted by atomic mass is 32.2. The van der Waals surface area contributed by atoms with Crippen molar-refractivity contribution in [1.82, 2.24) is 4.90 Å². The number of benzene rings is 2. The van der Waals surface area contributed by atoms with Crippen LogP contribution in [-0.2, 0) is 9.59 Å². The number of carbonyl (C=O) groups is 2. The third-order valence-corrected chi connectivity index (χ3v) is 4.89. The molecule has 4 nitrogen and oxygen atoms in total. The van der Waals surface area contributed by atoms with E-state index in [0.717, 1.165) is 16.7 Å². The van der Waals surface area contributed by atoms with E-state index in [-0.39, 0.29) is 27.0 Å². The molecule has 1 fully saturated rings. The molecule has 26 heavy (non-hydrogen) atoms. The van der Waals surface area contributed by atoms with Gasteiger partial charge < -0.3 is 5.32 Å². The van der Waals surface area contributed by atoms with Gasteiger partial charge in [0.25, 0.3) is 5.91 Å². The summed E-state index contributed by atoms with van der Waals surface area (Å²) >= 11 is 6.12. The van der Waals surface area contributed by atoms with Crippen molar-refractivity contribution in [3.63, 3.8) is 0 Å². The number of thioether (sulfide) groups is 1. The van der Waals surface area contributed by atoms with Gasteiger partial charge >= 0.3 is 0 Å². The van der Waals surface area contributed by atoms with Gasteiger partial charge in [0.15, 0.2) is 0 Å². The van der Waals surface area contributed by atoms with E-state index in [1.54, 1.807) is 18.2 Å². The van der Waals surface area contributed by atoms with Crippen LogP contribution in [0.3, 0.4) is 0 Å². The van der Waals surface area contributed by atoms with Crippen LogP contribution in [0.25, 0.3) is 6.08 Å². The van der Waals surface area contributed by atoms with Crippen LogP contribution in [0.5, 0.6) is 0 Å². The molecule has 1 saturated heterocycles. The number of para-hydroxylation sites is 1. The summed E-state index contributed by atoms with van der Waals surface area (Å²) in [6, 6.07) is 11.7. The molecule has 0 aromatic heterocycles. The highest BCUT2D eigenvalue weighted by Crippen LogP contribution is 2.32. The Morgan fingerprint density at radius 2 is 1.77 bits per heavy atom. The molecule has 3 rings (SSSR count). The Balaban J connectivity index is 1.72. The summed E-state index contributed by atoms with van der Waals surface area (Å²) in [5.74, 6) is -2.12. The maximum absolute atomic E-state index is 13.7. The molecule has 0 saturated carbocycles. The summed E-state index contributed by atoms with van der Waals surface area (Å²) in [6.07, 6.45) is 1.39. The van der Waals surface area contributed by atoms with Crippen LogP contribution in [0.4, 0.5) is 14.5 Å². The van der Waals surface area contributed by atoms with Gasteiger partial charge in [0.05, 0.1) is 10.6 Å². The first-order valence-electron chi connectivity index (χ1n) is 7.50. The first-order valence-corrected chi connectivity index (χ1v) is 8.72. The van der Waals surface area contributed by atoms with Crippen molar-refractivity contribution in [3.8, 4) is 0 Å². The van der Waals surface area contributed by atoms with Gasteiger partial charge in [0, 0.05) is 5.56 Å². The lowest BCUT2D eigenvalue weighted by Gasteiger charge is -2.14. The number of hydrogen-bond donors (Lipinski definition) is 1. The molecule has 1 N–H and O–H groups in total. The second-order valence-corrected chi connectivity index (χ2v) is 6.99. The molecule has 0 aliphatic carbocycles. The number of thiocarbonyl (C=S) groups is 1. The minimum Gasteiger partial charge on any atom is -0.322 e. The molecular formula is C18H12F2N2O2S2. The van der Waals surface area contributed by atoms with Gasteiger partial charge in [-0.15, -0.1) is 0 Å². The summed E-state index contributed by atoms with van der Waals surface area (Å²) in [4.78, 5) is 25.9. The molecule has 0 radical (unpaired) electrons. The normalized spacial score (nSPS) is 15.6. The second-order valence-electron chi connectivity index (χ2n) is 5.32. The lowest BCUT2D eigenvalue weighted by molar-refractivity contribution is -0.126. The van der Waals surface area contributed by atoms with E-state index in [4.69, 9.17) is 12.2 Å². The molecule has 2 amide bonds. The highest BCUT2D eigenvalue weighted by molar-refractivity contribution is 8.26. The van der Waals surface area contributed by atoms with Crippen LogP contribution in [0.15, 0.2) is 53.4 Å². The van der Waals surface area contributed by atoms with Crippen LogP contribution >= 0.6 is 24.0 Å². The molecule has 8 heteroatoms. The third-order valence-electron chi connectivity index (χ3n) is 3.52. The monoisotopic (exact) mass is 390 g/mol. The van der Waals surface area contributed by atoms with E-state index >= 15 is 0 Å². The zero-order valence-electron chi connectivity index (χ0n) is 13.2. The molecule has 1 heterocycles.